The van der Waals surface area contributed by atoms with Crippen molar-refractivity contribution in [1.82, 2.24) is 5.23 Å². The minimum Gasteiger partial charge on any atom is -0.380 e. The lowest BCUT2D eigenvalue weighted by molar-refractivity contribution is -0.363. The molecule has 0 amide bonds. The van der Waals surface area contributed by atoms with Crippen LogP contribution in [0.15, 0.2) is 0 Å². The molecular weight excluding hydrogens is 134 g/mol. The van der Waals surface area contributed by atoms with E-state index >= 15 is 0 Å². The van der Waals surface area contributed by atoms with Crippen LogP contribution in [0.4, 0.5) is 0 Å². The third-order valence-corrected chi connectivity index (χ3v) is 1.56. The van der Waals surface area contributed by atoms with Crippen molar-refractivity contribution in [1.29, 1.82) is 0 Å². The average Bonchev–Trinajstić information content (AvgIpc) is 2.43. The molecule has 1 heterocycles. The lowest BCUT2D eigenvalue weighted by atomic mass is 10.3. The Morgan fingerprint density at radius 1 is 1.40 bits per heavy atom. The molecule has 0 bridgehead atoms. The molecule has 0 spiro atoms. The second-order valence-electron chi connectivity index (χ2n) is 2.17. The Balaban J connectivity index is 2.29. The van der Waals surface area contributed by atoms with E-state index in [1.807, 2.05) is 0 Å². The Labute approximate surface area is 60.6 Å². The molecule has 4 heteroatoms. The summed E-state index contributed by atoms with van der Waals surface area (Å²) < 4.78 is 5.14. The fraction of sp³-hybridized carbons (Fsp3) is 1.00. The Hall–Kier alpha value is -0.160. The van der Waals surface area contributed by atoms with Gasteiger partial charge < -0.3 is 4.74 Å². The highest BCUT2D eigenvalue weighted by atomic mass is 16.9. The van der Waals surface area contributed by atoms with Gasteiger partial charge in [-0.05, 0) is 6.42 Å². The van der Waals surface area contributed by atoms with E-state index in [0.717, 1.165) is 13.0 Å². The third-order valence-electron chi connectivity index (χ3n) is 1.56. The number of hydroxylamine groups is 2. The van der Waals surface area contributed by atoms with Crippen LogP contribution in [0.2, 0.25) is 0 Å². The van der Waals surface area contributed by atoms with E-state index < -0.39 is 0 Å². The van der Waals surface area contributed by atoms with Crippen LogP contribution in [0.3, 0.4) is 0 Å². The van der Waals surface area contributed by atoms with Crippen molar-refractivity contribution in [3.63, 3.8) is 0 Å². The van der Waals surface area contributed by atoms with Crippen molar-refractivity contribution in [3.05, 3.63) is 0 Å². The van der Waals surface area contributed by atoms with Crippen molar-refractivity contribution >= 4 is 0 Å². The van der Waals surface area contributed by atoms with E-state index in [1.54, 1.807) is 14.2 Å². The maximum atomic E-state index is 5.14. The zero-order valence-corrected chi connectivity index (χ0v) is 6.37. The number of nitrogens with zero attached hydrogens (tertiary/aromatic N) is 1. The van der Waals surface area contributed by atoms with Crippen molar-refractivity contribution in [3.8, 4) is 0 Å². The van der Waals surface area contributed by atoms with Gasteiger partial charge in [0.05, 0.1) is 26.9 Å². The standard InChI is InChI=1S/C6H13NO3/c1-8-7(9-2)6-3-4-10-5-6/h6H,3-5H2,1-2H3. The molecular formula is C6H13NO3. The minimum absolute atomic E-state index is 0.259. The average molecular weight is 147 g/mol. The third kappa shape index (κ3) is 1.67. The van der Waals surface area contributed by atoms with Gasteiger partial charge in [0.25, 0.3) is 0 Å². The van der Waals surface area contributed by atoms with Crippen LogP contribution in [-0.4, -0.2) is 38.7 Å². The summed E-state index contributed by atoms with van der Waals surface area (Å²) in [5.41, 5.74) is 0. The lowest BCUT2D eigenvalue weighted by Crippen LogP contribution is -2.33. The van der Waals surface area contributed by atoms with Crippen molar-refractivity contribution in [2.45, 2.75) is 12.5 Å². The Kier molecular flexibility index (Phi) is 3.08. The normalized spacial score (nSPS) is 26.1. The number of hydrogen-bond donors (Lipinski definition) is 0. The molecule has 1 rings (SSSR count). The van der Waals surface area contributed by atoms with Gasteiger partial charge in [-0.25, -0.2) is 0 Å². The van der Waals surface area contributed by atoms with Crippen molar-refractivity contribution < 1.29 is 14.4 Å². The molecule has 0 radical (unpaired) electrons. The van der Waals surface area contributed by atoms with Gasteiger partial charge in [-0.1, -0.05) is 5.23 Å². The Bertz CT molecular complexity index is 89.0. The van der Waals surface area contributed by atoms with E-state index in [9.17, 15) is 0 Å². The second kappa shape index (κ2) is 3.88. The van der Waals surface area contributed by atoms with Crippen LogP contribution >= 0.6 is 0 Å². The van der Waals surface area contributed by atoms with Crippen molar-refractivity contribution in [2.24, 2.45) is 0 Å². The topological polar surface area (TPSA) is 30.9 Å². The van der Waals surface area contributed by atoms with E-state index in [1.165, 1.54) is 5.23 Å². The molecule has 0 aliphatic carbocycles. The van der Waals surface area contributed by atoms with E-state index in [4.69, 9.17) is 14.4 Å². The zero-order valence-electron chi connectivity index (χ0n) is 6.37. The lowest BCUT2D eigenvalue weighted by Gasteiger charge is -2.21. The molecule has 60 valence electrons. The monoisotopic (exact) mass is 147 g/mol. The molecule has 1 aliphatic heterocycles. The molecule has 0 aromatic carbocycles. The SMILES string of the molecule is CON(OC)C1CCOC1. The number of rotatable bonds is 3. The zero-order chi connectivity index (χ0) is 7.40. The summed E-state index contributed by atoms with van der Waals surface area (Å²) in [6.07, 6.45) is 0.974. The Morgan fingerprint density at radius 2 is 2.10 bits per heavy atom. The quantitative estimate of drug-likeness (QED) is 0.533. The molecule has 0 N–H and O–H groups in total. The molecule has 0 saturated carbocycles. The first-order valence-corrected chi connectivity index (χ1v) is 3.33. The Morgan fingerprint density at radius 3 is 2.50 bits per heavy atom. The molecule has 1 fully saturated rings. The van der Waals surface area contributed by atoms with E-state index in [2.05, 4.69) is 0 Å². The van der Waals surface area contributed by atoms with Gasteiger partial charge >= 0.3 is 0 Å². The molecule has 0 aromatic heterocycles. The predicted molar refractivity (Wildman–Crippen MR) is 35.1 cm³/mol. The maximum Gasteiger partial charge on any atom is 0.0882 e. The molecule has 4 nitrogen and oxygen atoms in total. The second-order valence-corrected chi connectivity index (χ2v) is 2.17. The summed E-state index contributed by atoms with van der Waals surface area (Å²) in [7, 11) is 3.17. The largest absolute Gasteiger partial charge is 0.380 e. The summed E-state index contributed by atoms with van der Waals surface area (Å²) >= 11 is 0. The van der Waals surface area contributed by atoms with Gasteiger partial charge in [0, 0.05) is 6.61 Å². The van der Waals surface area contributed by atoms with Crippen LogP contribution in [0.1, 0.15) is 6.42 Å². The summed E-state index contributed by atoms with van der Waals surface area (Å²) in [6, 6.07) is 0.259. The van der Waals surface area contributed by atoms with Crippen molar-refractivity contribution in [2.75, 3.05) is 27.4 Å². The van der Waals surface area contributed by atoms with Gasteiger partial charge in [-0.15, -0.1) is 0 Å². The molecule has 0 aromatic rings. The predicted octanol–water partition coefficient (Wildman–Crippen LogP) is 0.200. The maximum absolute atomic E-state index is 5.14. The summed E-state index contributed by atoms with van der Waals surface area (Å²) in [6.45, 7) is 1.50. The van der Waals surface area contributed by atoms with Crippen LogP contribution in [0, 0.1) is 0 Å². The summed E-state index contributed by atoms with van der Waals surface area (Å²) in [5, 5.41) is 1.47. The molecule has 1 saturated heterocycles. The minimum atomic E-state index is 0.259. The highest BCUT2D eigenvalue weighted by Crippen LogP contribution is 2.11. The highest BCUT2D eigenvalue weighted by molar-refractivity contribution is 4.65. The molecule has 10 heavy (non-hydrogen) atoms. The molecule has 1 aliphatic rings. The van der Waals surface area contributed by atoms with Gasteiger partial charge in [0.1, 0.15) is 0 Å². The summed E-state index contributed by atoms with van der Waals surface area (Å²) in [4.78, 5) is 9.83. The van der Waals surface area contributed by atoms with Crippen LogP contribution in [-0.2, 0) is 14.4 Å². The van der Waals surface area contributed by atoms with E-state index in [-0.39, 0.29) is 6.04 Å². The van der Waals surface area contributed by atoms with Crippen LogP contribution in [0.25, 0.3) is 0 Å². The highest BCUT2D eigenvalue weighted by Gasteiger charge is 2.23. The molecule has 1 atom stereocenters. The van der Waals surface area contributed by atoms with Gasteiger partial charge in [-0.3, -0.25) is 9.68 Å². The molecule has 1 unspecified atom stereocenters. The summed E-state index contributed by atoms with van der Waals surface area (Å²) in [5.74, 6) is 0. The van der Waals surface area contributed by atoms with Gasteiger partial charge in [-0.2, -0.15) is 0 Å². The van der Waals surface area contributed by atoms with E-state index in [0.29, 0.717) is 6.61 Å². The smallest absolute Gasteiger partial charge is 0.0882 e. The first kappa shape index (κ1) is 7.94. The van der Waals surface area contributed by atoms with Gasteiger partial charge in [0.2, 0.25) is 0 Å². The van der Waals surface area contributed by atoms with Crippen LogP contribution < -0.4 is 0 Å². The fourth-order valence-corrected chi connectivity index (χ4v) is 1.06. The number of ether oxygens (including phenoxy) is 1. The van der Waals surface area contributed by atoms with Gasteiger partial charge in [0.15, 0.2) is 0 Å². The number of hydrogen-bond acceptors (Lipinski definition) is 4. The first-order chi connectivity index (χ1) is 4.88. The first-order valence-electron chi connectivity index (χ1n) is 3.33. The fourth-order valence-electron chi connectivity index (χ4n) is 1.06. The van der Waals surface area contributed by atoms with Crippen LogP contribution in [0.5, 0.6) is 0 Å².